The third kappa shape index (κ3) is 2.55. The molecule has 2 N–H and O–H groups in total. The Labute approximate surface area is 125 Å². The van der Waals surface area contributed by atoms with E-state index in [2.05, 4.69) is 10.2 Å². The summed E-state index contributed by atoms with van der Waals surface area (Å²) < 4.78 is 0. The SMILES string of the molecule is CNC(=O)C1(C(=O)N2CCN([C@H]3CCC[C@H]3O)CC2)CC1. The predicted molar refractivity (Wildman–Crippen MR) is 77.5 cm³/mol. The van der Waals surface area contributed by atoms with E-state index < -0.39 is 5.41 Å². The summed E-state index contributed by atoms with van der Waals surface area (Å²) >= 11 is 0. The van der Waals surface area contributed by atoms with E-state index in [-0.39, 0.29) is 24.0 Å². The number of carbonyl (C=O) groups excluding carboxylic acids is 2. The van der Waals surface area contributed by atoms with Gasteiger partial charge in [-0.3, -0.25) is 14.5 Å². The molecule has 3 aliphatic rings. The summed E-state index contributed by atoms with van der Waals surface area (Å²) in [7, 11) is 1.59. The van der Waals surface area contributed by atoms with Crippen molar-refractivity contribution in [2.75, 3.05) is 33.2 Å². The van der Waals surface area contributed by atoms with Crippen LogP contribution in [0.25, 0.3) is 0 Å². The van der Waals surface area contributed by atoms with Gasteiger partial charge in [-0.2, -0.15) is 0 Å². The van der Waals surface area contributed by atoms with Gasteiger partial charge in [-0.25, -0.2) is 0 Å². The molecular weight excluding hydrogens is 270 g/mol. The van der Waals surface area contributed by atoms with Crippen LogP contribution in [0.15, 0.2) is 0 Å². The number of aliphatic hydroxyl groups is 1. The molecule has 3 rings (SSSR count). The number of nitrogens with zero attached hydrogens (tertiary/aromatic N) is 2. The van der Waals surface area contributed by atoms with Crippen molar-refractivity contribution < 1.29 is 14.7 Å². The summed E-state index contributed by atoms with van der Waals surface area (Å²) in [6, 6.07) is 0.260. The van der Waals surface area contributed by atoms with Crippen molar-refractivity contribution in [2.45, 2.75) is 44.2 Å². The maximum absolute atomic E-state index is 12.6. The molecule has 0 radical (unpaired) electrons. The van der Waals surface area contributed by atoms with Crippen molar-refractivity contribution in [3.05, 3.63) is 0 Å². The van der Waals surface area contributed by atoms with Gasteiger partial charge in [0.05, 0.1) is 6.10 Å². The fourth-order valence-corrected chi connectivity index (χ4v) is 3.81. The smallest absolute Gasteiger partial charge is 0.238 e. The van der Waals surface area contributed by atoms with Crippen molar-refractivity contribution in [1.82, 2.24) is 15.1 Å². The first kappa shape index (κ1) is 14.8. The molecule has 3 fully saturated rings. The van der Waals surface area contributed by atoms with E-state index >= 15 is 0 Å². The minimum Gasteiger partial charge on any atom is -0.391 e. The second kappa shape index (κ2) is 5.57. The third-order valence-electron chi connectivity index (χ3n) is 5.34. The lowest BCUT2D eigenvalue weighted by atomic mass is 10.0. The van der Waals surface area contributed by atoms with E-state index in [1.54, 1.807) is 7.05 Å². The first-order valence-electron chi connectivity index (χ1n) is 8.02. The van der Waals surface area contributed by atoms with Crippen molar-refractivity contribution in [2.24, 2.45) is 5.41 Å². The Hall–Kier alpha value is -1.14. The minimum absolute atomic E-state index is 0.00605. The number of amides is 2. The molecule has 1 heterocycles. The number of hydrogen-bond acceptors (Lipinski definition) is 4. The van der Waals surface area contributed by atoms with E-state index in [1.807, 2.05) is 4.90 Å². The second-order valence-electron chi connectivity index (χ2n) is 6.55. The number of hydrogen-bond donors (Lipinski definition) is 2. The van der Waals surface area contributed by atoms with Gasteiger partial charge in [0.25, 0.3) is 0 Å². The van der Waals surface area contributed by atoms with Crippen LogP contribution in [0.5, 0.6) is 0 Å². The Morgan fingerprint density at radius 2 is 1.81 bits per heavy atom. The highest BCUT2D eigenvalue weighted by molar-refractivity contribution is 6.07. The van der Waals surface area contributed by atoms with Crippen LogP contribution in [0.3, 0.4) is 0 Å². The molecule has 118 valence electrons. The molecule has 0 bridgehead atoms. The summed E-state index contributed by atoms with van der Waals surface area (Å²) in [5, 5.41) is 12.6. The highest BCUT2D eigenvalue weighted by Crippen LogP contribution is 2.47. The first-order chi connectivity index (χ1) is 10.1. The molecule has 0 aromatic rings. The average molecular weight is 295 g/mol. The normalized spacial score (nSPS) is 32.0. The lowest BCUT2D eigenvalue weighted by Gasteiger charge is -2.40. The van der Waals surface area contributed by atoms with Gasteiger partial charge in [-0.15, -0.1) is 0 Å². The molecule has 21 heavy (non-hydrogen) atoms. The maximum atomic E-state index is 12.6. The molecule has 2 saturated carbocycles. The maximum Gasteiger partial charge on any atom is 0.238 e. The van der Waals surface area contributed by atoms with E-state index in [1.165, 1.54) is 0 Å². The van der Waals surface area contributed by atoms with Crippen molar-refractivity contribution >= 4 is 11.8 Å². The fraction of sp³-hybridized carbons (Fsp3) is 0.867. The monoisotopic (exact) mass is 295 g/mol. The standard InChI is InChI=1S/C15H25N3O3/c1-16-13(20)15(5-6-15)14(21)18-9-7-17(8-10-18)11-3-2-4-12(11)19/h11-12,19H,2-10H2,1H3,(H,16,20)/t11-,12+/m0/s1. The van der Waals surface area contributed by atoms with Gasteiger partial charge in [-0.05, 0) is 32.1 Å². The van der Waals surface area contributed by atoms with Gasteiger partial charge >= 0.3 is 0 Å². The zero-order valence-corrected chi connectivity index (χ0v) is 12.7. The minimum atomic E-state index is -0.774. The van der Waals surface area contributed by atoms with Crippen molar-refractivity contribution in [3.63, 3.8) is 0 Å². The molecule has 0 unspecified atom stereocenters. The van der Waals surface area contributed by atoms with Crippen LogP contribution < -0.4 is 5.32 Å². The van der Waals surface area contributed by atoms with Crippen LogP contribution in [0, 0.1) is 5.41 Å². The number of aliphatic hydroxyl groups excluding tert-OH is 1. The van der Waals surface area contributed by atoms with Gasteiger partial charge in [-0.1, -0.05) is 0 Å². The van der Waals surface area contributed by atoms with Crippen LogP contribution in [-0.2, 0) is 9.59 Å². The van der Waals surface area contributed by atoms with E-state index in [9.17, 15) is 14.7 Å². The lowest BCUT2D eigenvalue weighted by molar-refractivity contribution is -0.145. The van der Waals surface area contributed by atoms with Crippen LogP contribution in [0.4, 0.5) is 0 Å². The molecule has 1 aliphatic heterocycles. The molecule has 0 aromatic carbocycles. The Morgan fingerprint density at radius 3 is 2.29 bits per heavy atom. The van der Waals surface area contributed by atoms with Gasteiger partial charge < -0.3 is 15.3 Å². The lowest BCUT2D eigenvalue weighted by Crippen LogP contribution is -2.56. The van der Waals surface area contributed by atoms with Gasteiger partial charge in [0.15, 0.2) is 0 Å². The zero-order chi connectivity index (χ0) is 15.0. The Bertz CT molecular complexity index is 428. The number of nitrogens with one attached hydrogen (secondary N) is 1. The molecular formula is C15H25N3O3. The zero-order valence-electron chi connectivity index (χ0n) is 12.7. The third-order valence-corrected chi connectivity index (χ3v) is 5.34. The molecule has 2 atom stereocenters. The van der Waals surface area contributed by atoms with Crippen molar-refractivity contribution in [3.8, 4) is 0 Å². The number of carbonyl (C=O) groups is 2. The topological polar surface area (TPSA) is 72.9 Å². The molecule has 6 heteroatoms. The summed E-state index contributed by atoms with van der Waals surface area (Å²) in [5.74, 6) is -0.144. The highest BCUT2D eigenvalue weighted by atomic mass is 16.3. The predicted octanol–water partition coefficient (Wildman–Crippen LogP) is -0.430. The Morgan fingerprint density at radius 1 is 1.14 bits per heavy atom. The Balaban J connectivity index is 1.56. The quantitative estimate of drug-likeness (QED) is 0.693. The van der Waals surface area contributed by atoms with Gasteiger partial charge in [0.1, 0.15) is 5.41 Å². The first-order valence-corrected chi connectivity index (χ1v) is 8.02. The van der Waals surface area contributed by atoms with E-state index in [0.717, 1.165) is 32.4 Å². The summed E-state index contributed by atoms with van der Waals surface area (Å²) in [6.07, 6.45) is 4.17. The number of rotatable bonds is 3. The van der Waals surface area contributed by atoms with E-state index in [4.69, 9.17) is 0 Å². The summed E-state index contributed by atoms with van der Waals surface area (Å²) in [5.41, 5.74) is -0.774. The van der Waals surface area contributed by atoms with Crippen molar-refractivity contribution in [1.29, 1.82) is 0 Å². The number of piperazine rings is 1. The van der Waals surface area contributed by atoms with Crippen LogP contribution in [0.2, 0.25) is 0 Å². The largest absolute Gasteiger partial charge is 0.391 e. The fourth-order valence-electron chi connectivity index (χ4n) is 3.81. The Kier molecular flexibility index (Phi) is 3.92. The molecule has 1 saturated heterocycles. The second-order valence-corrected chi connectivity index (χ2v) is 6.55. The summed E-state index contributed by atoms with van der Waals surface area (Å²) in [4.78, 5) is 28.6. The van der Waals surface area contributed by atoms with Gasteiger partial charge in [0.2, 0.25) is 11.8 Å². The van der Waals surface area contributed by atoms with Crippen LogP contribution in [-0.4, -0.2) is 72.1 Å². The van der Waals surface area contributed by atoms with Crippen LogP contribution >= 0.6 is 0 Å². The van der Waals surface area contributed by atoms with Crippen LogP contribution in [0.1, 0.15) is 32.1 Å². The molecule has 2 amide bonds. The molecule has 6 nitrogen and oxygen atoms in total. The molecule has 0 aromatic heterocycles. The van der Waals surface area contributed by atoms with E-state index in [0.29, 0.717) is 25.9 Å². The summed E-state index contributed by atoms with van der Waals surface area (Å²) in [6.45, 7) is 2.94. The molecule has 0 spiro atoms. The average Bonchev–Trinajstić information content (AvgIpc) is 3.22. The van der Waals surface area contributed by atoms with Gasteiger partial charge in [0, 0.05) is 39.3 Å². The molecule has 2 aliphatic carbocycles. The highest BCUT2D eigenvalue weighted by Gasteiger charge is 2.57.